The summed E-state index contributed by atoms with van der Waals surface area (Å²) in [6, 6.07) is 23.6. The van der Waals surface area contributed by atoms with Crippen molar-refractivity contribution in [3.63, 3.8) is 0 Å². The minimum Gasteiger partial charge on any atom is -0.508 e. The van der Waals surface area contributed by atoms with Crippen molar-refractivity contribution in [2.24, 2.45) is 0 Å². The maximum absolute atomic E-state index is 10.5. The minimum absolute atomic E-state index is 0.308. The molecule has 1 aliphatic heterocycles. The Kier molecular flexibility index (Phi) is 4.53. The van der Waals surface area contributed by atoms with Gasteiger partial charge in [0.05, 0.1) is 0 Å². The topological polar surface area (TPSA) is 43.7 Å². The predicted molar refractivity (Wildman–Crippen MR) is 105 cm³/mol. The molecule has 1 heterocycles. The molecule has 0 amide bonds. The second kappa shape index (κ2) is 7.12. The zero-order valence-electron chi connectivity index (χ0n) is 14.7. The number of phenolic OH excluding ortho intramolecular Hbond substituents is 2. The van der Waals surface area contributed by atoms with Gasteiger partial charge in [0.2, 0.25) is 0 Å². The van der Waals surface area contributed by atoms with Gasteiger partial charge < -0.3 is 15.1 Å². The average molecular weight is 345 g/mol. The molecule has 4 rings (SSSR count). The molecule has 3 heteroatoms. The van der Waals surface area contributed by atoms with Gasteiger partial charge in [0.1, 0.15) is 11.5 Å². The Labute approximate surface area is 154 Å². The van der Waals surface area contributed by atoms with E-state index in [-0.39, 0.29) is 0 Å². The van der Waals surface area contributed by atoms with Crippen LogP contribution in [-0.4, -0.2) is 23.3 Å². The third-order valence-corrected chi connectivity index (χ3v) is 5.26. The molecular formula is C23H23NO2. The monoisotopic (exact) mass is 345 g/mol. The Morgan fingerprint density at radius 1 is 0.808 bits per heavy atom. The SMILES string of the molecule is Oc1ccccc1C1CCN(c2cccc(O)c2Cc2ccccc2)C1. The molecule has 0 saturated carbocycles. The molecule has 1 unspecified atom stereocenters. The van der Waals surface area contributed by atoms with E-state index in [1.165, 1.54) is 5.56 Å². The summed E-state index contributed by atoms with van der Waals surface area (Å²) in [6.07, 6.45) is 1.71. The first-order valence-corrected chi connectivity index (χ1v) is 9.10. The lowest BCUT2D eigenvalue weighted by molar-refractivity contribution is 0.463. The third kappa shape index (κ3) is 3.25. The summed E-state index contributed by atoms with van der Waals surface area (Å²) in [5.41, 5.74) is 4.26. The van der Waals surface area contributed by atoms with E-state index in [9.17, 15) is 10.2 Å². The molecule has 26 heavy (non-hydrogen) atoms. The molecule has 0 aromatic heterocycles. The molecule has 2 N–H and O–H groups in total. The van der Waals surface area contributed by atoms with Crippen LogP contribution in [0.3, 0.4) is 0 Å². The molecule has 3 aromatic carbocycles. The molecule has 3 nitrogen and oxygen atoms in total. The van der Waals surface area contributed by atoms with E-state index in [0.29, 0.717) is 23.8 Å². The molecule has 0 aliphatic carbocycles. The number of hydrogen-bond donors (Lipinski definition) is 2. The van der Waals surface area contributed by atoms with Gasteiger partial charge in [-0.3, -0.25) is 0 Å². The Hall–Kier alpha value is -2.94. The van der Waals surface area contributed by atoms with Gasteiger partial charge >= 0.3 is 0 Å². The van der Waals surface area contributed by atoms with Crippen molar-refractivity contribution in [3.8, 4) is 11.5 Å². The lowest BCUT2D eigenvalue weighted by atomic mass is 9.97. The largest absolute Gasteiger partial charge is 0.508 e. The van der Waals surface area contributed by atoms with Crippen LogP contribution in [0.1, 0.15) is 29.0 Å². The summed E-state index contributed by atoms with van der Waals surface area (Å²) in [6.45, 7) is 1.77. The van der Waals surface area contributed by atoms with Gasteiger partial charge in [-0.15, -0.1) is 0 Å². The van der Waals surface area contributed by atoms with Gasteiger partial charge in [-0.1, -0.05) is 54.6 Å². The second-order valence-electron chi connectivity index (χ2n) is 6.93. The number of para-hydroxylation sites is 1. The zero-order chi connectivity index (χ0) is 17.9. The van der Waals surface area contributed by atoms with Crippen LogP contribution in [0.4, 0.5) is 5.69 Å². The summed E-state index contributed by atoms with van der Waals surface area (Å²) >= 11 is 0. The van der Waals surface area contributed by atoms with E-state index < -0.39 is 0 Å². The van der Waals surface area contributed by atoms with Gasteiger partial charge in [0.15, 0.2) is 0 Å². The molecule has 1 atom stereocenters. The molecule has 1 saturated heterocycles. The molecule has 132 valence electrons. The Morgan fingerprint density at radius 2 is 1.54 bits per heavy atom. The highest BCUT2D eigenvalue weighted by Gasteiger charge is 2.27. The summed E-state index contributed by atoms with van der Waals surface area (Å²) in [5, 5.41) is 20.6. The smallest absolute Gasteiger partial charge is 0.121 e. The van der Waals surface area contributed by atoms with Gasteiger partial charge in [-0.05, 0) is 35.7 Å². The lowest BCUT2D eigenvalue weighted by Crippen LogP contribution is -2.20. The summed E-state index contributed by atoms with van der Waals surface area (Å²) in [5.74, 6) is 1.03. The molecule has 1 fully saturated rings. The number of hydrogen-bond acceptors (Lipinski definition) is 3. The Balaban J connectivity index is 1.61. The van der Waals surface area contributed by atoms with Crippen LogP contribution in [0.15, 0.2) is 72.8 Å². The van der Waals surface area contributed by atoms with E-state index >= 15 is 0 Å². The Bertz CT molecular complexity index is 892. The number of phenols is 2. The van der Waals surface area contributed by atoms with E-state index in [0.717, 1.165) is 36.3 Å². The number of aromatic hydroxyl groups is 2. The maximum atomic E-state index is 10.5. The summed E-state index contributed by atoms with van der Waals surface area (Å²) < 4.78 is 0. The predicted octanol–water partition coefficient (Wildman–Crippen LogP) is 4.68. The van der Waals surface area contributed by atoms with Crippen molar-refractivity contribution < 1.29 is 10.2 Å². The van der Waals surface area contributed by atoms with Crippen molar-refractivity contribution >= 4 is 5.69 Å². The average Bonchev–Trinajstić information content (AvgIpc) is 3.14. The molecule has 0 spiro atoms. The fraction of sp³-hybridized carbons (Fsp3) is 0.217. The third-order valence-electron chi connectivity index (χ3n) is 5.26. The van der Waals surface area contributed by atoms with E-state index in [4.69, 9.17) is 0 Å². The van der Waals surface area contributed by atoms with Crippen molar-refractivity contribution in [1.29, 1.82) is 0 Å². The van der Waals surface area contributed by atoms with Gasteiger partial charge in [0, 0.05) is 36.7 Å². The van der Waals surface area contributed by atoms with Crippen LogP contribution in [-0.2, 0) is 6.42 Å². The fourth-order valence-corrected chi connectivity index (χ4v) is 3.91. The fourth-order valence-electron chi connectivity index (χ4n) is 3.91. The van der Waals surface area contributed by atoms with E-state index in [1.54, 1.807) is 12.1 Å². The van der Waals surface area contributed by atoms with Gasteiger partial charge in [-0.25, -0.2) is 0 Å². The molecule has 1 aliphatic rings. The highest BCUT2D eigenvalue weighted by Crippen LogP contribution is 2.38. The Morgan fingerprint density at radius 3 is 2.35 bits per heavy atom. The molecule has 3 aromatic rings. The van der Waals surface area contributed by atoms with Crippen LogP contribution in [0, 0.1) is 0 Å². The number of anilines is 1. The summed E-state index contributed by atoms with van der Waals surface area (Å²) in [7, 11) is 0. The van der Waals surface area contributed by atoms with Crippen molar-refractivity contribution in [1.82, 2.24) is 0 Å². The van der Waals surface area contributed by atoms with Crippen molar-refractivity contribution in [2.45, 2.75) is 18.8 Å². The normalized spacial score (nSPS) is 16.8. The highest BCUT2D eigenvalue weighted by molar-refractivity contribution is 5.61. The van der Waals surface area contributed by atoms with Crippen molar-refractivity contribution in [3.05, 3.63) is 89.5 Å². The first-order valence-electron chi connectivity index (χ1n) is 9.10. The highest BCUT2D eigenvalue weighted by atomic mass is 16.3. The summed E-state index contributed by atoms with van der Waals surface area (Å²) in [4.78, 5) is 2.33. The first kappa shape index (κ1) is 16.5. The number of rotatable bonds is 4. The molecular weight excluding hydrogens is 322 g/mol. The van der Waals surface area contributed by atoms with E-state index in [1.807, 2.05) is 42.5 Å². The lowest BCUT2D eigenvalue weighted by Gasteiger charge is -2.23. The van der Waals surface area contributed by atoms with Crippen LogP contribution >= 0.6 is 0 Å². The number of benzene rings is 3. The van der Waals surface area contributed by atoms with Crippen LogP contribution in [0.2, 0.25) is 0 Å². The van der Waals surface area contributed by atoms with Crippen LogP contribution < -0.4 is 4.90 Å². The zero-order valence-corrected chi connectivity index (χ0v) is 14.7. The molecule has 0 bridgehead atoms. The minimum atomic E-state index is 0.308. The standard InChI is InChI=1S/C23H23NO2/c25-22-11-5-4-9-19(22)18-13-14-24(16-18)21-10-6-12-23(26)20(21)15-17-7-2-1-3-8-17/h1-12,18,25-26H,13-16H2. The number of nitrogens with zero attached hydrogens (tertiary/aromatic N) is 1. The van der Waals surface area contributed by atoms with Crippen LogP contribution in [0.5, 0.6) is 11.5 Å². The van der Waals surface area contributed by atoms with E-state index in [2.05, 4.69) is 23.1 Å². The maximum Gasteiger partial charge on any atom is 0.121 e. The van der Waals surface area contributed by atoms with Crippen molar-refractivity contribution in [2.75, 3.05) is 18.0 Å². The van der Waals surface area contributed by atoms with Gasteiger partial charge in [0.25, 0.3) is 0 Å². The quantitative estimate of drug-likeness (QED) is 0.721. The van der Waals surface area contributed by atoms with Gasteiger partial charge in [-0.2, -0.15) is 0 Å². The van der Waals surface area contributed by atoms with Crippen LogP contribution in [0.25, 0.3) is 0 Å². The molecule has 0 radical (unpaired) electrons. The first-order chi connectivity index (χ1) is 12.7. The second-order valence-corrected chi connectivity index (χ2v) is 6.93.